The first-order valence-electron chi connectivity index (χ1n) is 4.93. The predicted molar refractivity (Wildman–Crippen MR) is 57.5 cm³/mol. The maximum Gasteiger partial charge on any atom is 0.254 e. The number of ether oxygens (including phenoxy) is 1. The lowest BCUT2D eigenvalue weighted by Crippen LogP contribution is -2.10. The second-order valence-corrected chi connectivity index (χ2v) is 3.30. The van der Waals surface area contributed by atoms with Crippen LogP contribution >= 0.6 is 0 Å². The van der Waals surface area contributed by atoms with Crippen LogP contribution in [0.2, 0.25) is 0 Å². The Morgan fingerprint density at radius 2 is 2.13 bits per heavy atom. The molecule has 1 atom stereocenters. The molecule has 1 unspecified atom stereocenters. The fraction of sp³-hybridized carbons (Fsp3) is 0.333. The van der Waals surface area contributed by atoms with Crippen molar-refractivity contribution >= 4 is 6.29 Å². The maximum absolute atomic E-state index is 10.6. The van der Waals surface area contributed by atoms with E-state index in [4.69, 9.17) is 5.26 Å². The number of aliphatic hydroxyl groups is 1. The van der Waals surface area contributed by atoms with E-state index in [0.717, 1.165) is 18.5 Å². The first-order chi connectivity index (χ1) is 7.30. The molecule has 78 valence electrons. The Hall–Kier alpha value is -1.82. The van der Waals surface area contributed by atoms with Gasteiger partial charge in [-0.1, -0.05) is 6.92 Å². The normalized spacial score (nSPS) is 11.5. The second-order valence-electron chi connectivity index (χ2n) is 3.30. The molecule has 3 heteroatoms. The zero-order valence-corrected chi connectivity index (χ0v) is 8.68. The molecule has 1 aromatic carbocycles. The maximum atomic E-state index is 10.6. The molecule has 0 fully saturated rings. The summed E-state index contributed by atoms with van der Waals surface area (Å²) in [5, 5.41) is 8.60. The van der Waals surface area contributed by atoms with Gasteiger partial charge >= 0.3 is 0 Å². The zero-order chi connectivity index (χ0) is 11.1. The van der Waals surface area contributed by atoms with Crippen LogP contribution in [0.4, 0.5) is 0 Å². The summed E-state index contributed by atoms with van der Waals surface area (Å²) in [4.78, 5) is 10.6. The molecule has 1 aromatic rings. The smallest absolute Gasteiger partial charge is 0.254 e. The molecular weight excluding hydrogens is 190 g/mol. The van der Waals surface area contributed by atoms with Crippen molar-refractivity contribution in [2.45, 2.75) is 13.3 Å². The molecule has 0 radical (unpaired) electrons. The number of nitrogens with zero attached hydrogens (tertiary/aromatic N) is 1. The summed E-state index contributed by atoms with van der Waals surface area (Å²) in [6, 6.07) is 9.06. The number of aldehydes is 1. The van der Waals surface area contributed by atoms with E-state index in [-0.39, 0.29) is 5.92 Å². The number of aromatic hydroxyl groups is 1. The zero-order valence-electron chi connectivity index (χ0n) is 8.68. The van der Waals surface area contributed by atoms with Crippen molar-refractivity contribution in [2.75, 3.05) is 6.61 Å². The molecule has 1 N–H and O–H groups in total. The SMILES string of the molecule is CCC(C=O)C[OH+]c1ccc(C#N)cc1. The highest BCUT2D eigenvalue weighted by atomic mass is 16.5. The van der Waals surface area contributed by atoms with Crippen molar-refractivity contribution in [3.8, 4) is 11.8 Å². The molecule has 0 heterocycles. The molecule has 0 aliphatic heterocycles. The van der Waals surface area contributed by atoms with Crippen LogP contribution in [-0.2, 0) is 4.79 Å². The van der Waals surface area contributed by atoms with Crippen molar-refractivity contribution in [1.82, 2.24) is 0 Å². The molecule has 3 nitrogen and oxygen atoms in total. The Bertz CT molecular complexity index is 351. The van der Waals surface area contributed by atoms with E-state index in [1.54, 1.807) is 24.3 Å². The summed E-state index contributed by atoms with van der Waals surface area (Å²) >= 11 is 0. The van der Waals surface area contributed by atoms with Gasteiger partial charge in [0.25, 0.3) is 5.75 Å². The van der Waals surface area contributed by atoms with Gasteiger partial charge in [0.1, 0.15) is 6.29 Å². The van der Waals surface area contributed by atoms with Crippen LogP contribution in [0.25, 0.3) is 0 Å². The number of nitriles is 1. The fourth-order valence-electron chi connectivity index (χ4n) is 1.13. The van der Waals surface area contributed by atoms with E-state index >= 15 is 0 Å². The quantitative estimate of drug-likeness (QED) is 0.544. The van der Waals surface area contributed by atoms with Crippen molar-refractivity contribution in [1.29, 1.82) is 5.26 Å². The first kappa shape index (κ1) is 11.3. The minimum absolute atomic E-state index is 0.000596. The lowest BCUT2D eigenvalue weighted by molar-refractivity contribution is -0.114. The number of hydrogen-bond acceptors (Lipinski definition) is 2. The van der Waals surface area contributed by atoms with Crippen molar-refractivity contribution in [3.05, 3.63) is 29.8 Å². The predicted octanol–water partition coefficient (Wildman–Crippen LogP) is 2.02. The molecule has 1 rings (SSSR count). The van der Waals surface area contributed by atoms with Crippen LogP contribution in [0.15, 0.2) is 24.3 Å². The van der Waals surface area contributed by atoms with Gasteiger partial charge in [-0.25, -0.2) is 0 Å². The molecule has 0 spiro atoms. The number of hydrogen-bond donors (Lipinski definition) is 0. The Balaban J connectivity index is 2.51. The van der Waals surface area contributed by atoms with Crippen LogP contribution in [0.5, 0.6) is 5.75 Å². The van der Waals surface area contributed by atoms with E-state index in [1.165, 1.54) is 0 Å². The van der Waals surface area contributed by atoms with Gasteiger partial charge in [-0.3, -0.25) is 0 Å². The van der Waals surface area contributed by atoms with Gasteiger partial charge in [0.2, 0.25) is 0 Å². The van der Waals surface area contributed by atoms with E-state index in [2.05, 4.69) is 4.74 Å². The van der Waals surface area contributed by atoms with E-state index in [9.17, 15) is 4.79 Å². The minimum atomic E-state index is 0.000596. The molecule has 0 bridgehead atoms. The number of benzene rings is 1. The van der Waals surface area contributed by atoms with Crippen molar-refractivity contribution < 1.29 is 9.53 Å². The lowest BCUT2D eigenvalue weighted by Gasteiger charge is -2.07. The van der Waals surface area contributed by atoms with E-state index < -0.39 is 0 Å². The van der Waals surface area contributed by atoms with Crippen molar-refractivity contribution in [2.24, 2.45) is 5.92 Å². The summed E-state index contributed by atoms with van der Waals surface area (Å²) in [5.74, 6) is 0.815. The van der Waals surface area contributed by atoms with Gasteiger partial charge in [-0.2, -0.15) is 5.26 Å². The molecule has 0 saturated heterocycles. The van der Waals surface area contributed by atoms with Gasteiger partial charge in [-0.05, 0) is 18.6 Å². The highest BCUT2D eigenvalue weighted by molar-refractivity contribution is 5.53. The lowest BCUT2D eigenvalue weighted by atomic mass is 10.1. The van der Waals surface area contributed by atoms with Crippen LogP contribution in [0.3, 0.4) is 0 Å². The van der Waals surface area contributed by atoms with Crippen LogP contribution in [0, 0.1) is 17.2 Å². The van der Waals surface area contributed by atoms with Gasteiger partial charge in [0.15, 0.2) is 6.61 Å². The van der Waals surface area contributed by atoms with Crippen LogP contribution in [0.1, 0.15) is 18.9 Å². The van der Waals surface area contributed by atoms with Crippen LogP contribution < -0.4 is 0 Å². The van der Waals surface area contributed by atoms with Gasteiger partial charge < -0.3 is 9.53 Å². The van der Waals surface area contributed by atoms with Gasteiger partial charge in [0, 0.05) is 12.1 Å². The Morgan fingerprint density at radius 1 is 1.47 bits per heavy atom. The Morgan fingerprint density at radius 3 is 2.60 bits per heavy atom. The molecule has 15 heavy (non-hydrogen) atoms. The summed E-state index contributed by atoms with van der Waals surface area (Å²) in [6.45, 7) is 2.49. The molecule has 0 aromatic heterocycles. The molecular formula is C12H14NO2+. The van der Waals surface area contributed by atoms with E-state index in [0.29, 0.717) is 12.2 Å². The van der Waals surface area contributed by atoms with Gasteiger partial charge in [-0.15, -0.1) is 0 Å². The highest BCUT2D eigenvalue weighted by Gasteiger charge is 2.08. The summed E-state index contributed by atoms with van der Waals surface area (Å²) in [5.41, 5.74) is 0.622. The largest absolute Gasteiger partial charge is 0.582 e. The monoisotopic (exact) mass is 204 g/mol. The fourth-order valence-corrected chi connectivity index (χ4v) is 1.13. The second kappa shape index (κ2) is 5.82. The Labute approximate surface area is 89.3 Å². The summed E-state index contributed by atoms with van der Waals surface area (Å²) in [6.07, 6.45) is 1.75. The molecule has 0 aliphatic rings. The third kappa shape index (κ3) is 3.43. The number of carbonyl (C=O) groups excluding carboxylic acids is 1. The number of carbonyl (C=O) groups is 1. The number of rotatable bonds is 5. The standard InChI is InChI=1S/C12H13NO2/c1-2-10(8-14)9-15-12-5-3-11(7-13)4-6-12/h3-6,8,10H,2,9H2,1H3/p+1. The molecule has 0 amide bonds. The topological polar surface area (TPSA) is 53.7 Å². The third-order valence-corrected chi connectivity index (χ3v) is 2.22. The van der Waals surface area contributed by atoms with Crippen LogP contribution in [-0.4, -0.2) is 17.6 Å². The van der Waals surface area contributed by atoms with Crippen molar-refractivity contribution in [3.63, 3.8) is 0 Å². The Kier molecular flexibility index (Phi) is 4.36. The molecule has 0 aliphatic carbocycles. The highest BCUT2D eigenvalue weighted by Crippen LogP contribution is 2.14. The van der Waals surface area contributed by atoms with E-state index in [1.807, 2.05) is 13.0 Å². The average molecular weight is 204 g/mol. The average Bonchev–Trinajstić information content (AvgIpc) is 2.31. The van der Waals surface area contributed by atoms with Gasteiger partial charge in [0.05, 0.1) is 17.6 Å². The minimum Gasteiger partial charge on any atom is -0.582 e. The molecule has 0 saturated carbocycles. The third-order valence-electron chi connectivity index (χ3n) is 2.22. The summed E-state index contributed by atoms with van der Waals surface area (Å²) < 4.78 is 4.28. The summed E-state index contributed by atoms with van der Waals surface area (Å²) in [7, 11) is 0. The first-order valence-corrected chi connectivity index (χ1v) is 4.93.